The molecule has 1 aliphatic rings. The summed E-state index contributed by atoms with van der Waals surface area (Å²) in [7, 11) is -1.37. The van der Waals surface area contributed by atoms with Crippen LogP contribution in [-0.4, -0.2) is 22.0 Å². The topological polar surface area (TPSA) is 46.2 Å². The van der Waals surface area contributed by atoms with Gasteiger partial charge in [-0.1, -0.05) is 15.9 Å². The molecule has 1 aromatic rings. The van der Waals surface area contributed by atoms with Crippen LogP contribution in [0.15, 0.2) is 32.5 Å². The number of rotatable bonds is 4. The van der Waals surface area contributed by atoms with E-state index in [-0.39, 0.29) is 0 Å². The van der Waals surface area contributed by atoms with Gasteiger partial charge in [-0.25, -0.2) is 8.42 Å². The van der Waals surface area contributed by atoms with Gasteiger partial charge < -0.3 is 5.32 Å². The van der Waals surface area contributed by atoms with E-state index in [0.29, 0.717) is 16.2 Å². The molecule has 0 saturated carbocycles. The minimum absolute atomic E-state index is 0.431. The van der Waals surface area contributed by atoms with Crippen molar-refractivity contribution in [2.75, 3.05) is 13.6 Å². The molecule has 1 N–H and O–H groups in total. The molecule has 0 aliphatic carbocycles. The Bertz CT molecular complexity index is 564. The van der Waals surface area contributed by atoms with Gasteiger partial charge in [-0.3, -0.25) is 0 Å². The van der Waals surface area contributed by atoms with Crippen LogP contribution >= 0.6 is 15.9 Å². The predicted molar refractivity (Wildman–Crippen MR) is 72.5 cm³/mol. The van der Waals surface area contributed by atoms with Crippen molar-refractivity contribution in [2.45, 2.75) is 17.7 Å². The van der Waals surface area contributed by atoms with Crippen LogP contribution in [0.25, 0.3) is 6.08 Å². The summed E-state index contributed by atoms with van der Waals surface area (Å²) in [5.74, 6) is 0. The molecule has 2 rings (SSSR count). The van der Waals surface area contributed by atoms with E-state index in [9.17, 15) is 8.42 Å². The Morgan fingerprint density at radius 2 is 2.12 bits per heavy atom. The fourth-order valence-electron chi connectivity index (χ4n) is 1.92. The number of sulfone groups is 1. The van der Waals surface area contributed by atoms with Crippen molar-refractivity contribution in [3.63, 3.8) is 0 Å². The zero-order valence-corrected chi connectivity index (χ0v) is 11.9. The smallest absolute Gasteiger partial charge is 0.203 e. The fraction of sp³-hybridized carbons (Fsp3) is 0.333. The Kier molecular flexibility index (Phi) is 3.70. The Hall–Kier alpha value is -0.650. The van der Waals surface area contributed by atoms with Gasteiger partial charge in [0.2, 0.25) is 9.84 Å². The zero-order chi connectivity index (χ0) is 12.5. The SMILES string of the molecule is CNCCCC1=Cc2cc(Br)ccc2S1(=O)=O. The van der Waals surface area contributed by atoms with E-state index in [1.54, 1.807) is 18.2 Å². The molecule has 0 aromatic heterocycles. The molecule has 0 bridgehead atoms. The molecule has 0 unspecified atom stereocenters. The summed E-state index contributed by atoms with van der Waals surface area (Å²) in [5.41, 5.74) is 0.791. The number of allylic oxidation sites excluding steroid dienone is 1. The second-order valence-electron chi connectivity index (χ2n) is 4.00. The molecule has 92 valence electrons. The highest BCUT2D eigenvalue weighted by Crippen LogP contribution is 2.36. The van der Waals surface area contributed by atoms with Crippen LogP contribution in [0.3, 0.4) is 0 Å². The van der Waals surface area contributed by atoms with Crippen LogP contribution in [0.4, 0.5) is 0 Å². The molecule has 17 heavy (non-hydrogen) atoms. The monoisotopic (exact) mass is 315 g/mol. The minimum atomic E-state index is -3.23. The molecule has 0 saturated heterocycles. The molecular formula is C12H14BrNO2S. The molecular weight excluding hydrogens is 302 g/mol. The molecule has 0 radical (unpaired) electrons. The Morgan fingerprint density at radius 3 is 2.82 bits per heavy atom. The molecule has 5 heteroatoms. The van der Waals surface area contributed by atoms with E-state index >= 15 is 0 Å². The van der Waals surface area contributed by atoms with Crippen LogP contribution in [-0.2, 0) is 9.84 Å². The van der Waals surface area contributed by atoms with Gasteiger partial charge in [0.25, 0.3) is 0 Å². The lowest BCUT2D eigenvalue weighted by Gasteiger charge is -2.03. The standard InChI is InChI=1S/C12H14BrNO2S/c1-14-6-2-3-11-8-9-7-10(13)4-5-12(9)17(11,15)16/h4-5,7-8,14H,2-3,6H2,1H3. The average molecular weight is 316 g/mol. The lowest BCUT2D eigenvalue weighted by Crippen LogP contribution is -2.09. The minimum Gasteiger partial charge on any atom is -0.320 e. The second-order valence-corrected chi connectivity index (χ2v) is 6.89. The third-order valence-electron chi connectivity index (χ3n) is 2.77. The highest BCUT2D eigenvalue weighted by atomic mass is 79.9. The molecule has 1 aromatic carbocycles. The van der Waals surface area contributed by atoms with E-state index in [1.807, 2.05) is 13.1 Å². The second kappa shape index (κ2) is 4.92. The zero-order valence-electron chi connectivity index (χ0n) is 9.53. The summed E-state index contributed by atoms with van der Waals surface area (Å²) in [4.78, 5) is 0.959. The first-order valence-electron chi connectivity index (χ1n) is 5.45. The van der Waals surface area contributed by atoms with E-state index in [1.165, 1.54) is 0 Å². The highest BCUT2D eigenvalue weighted by molar-refractivity contribution is 9.10. The van der Waals surface area contributed by atoms with Gasteiger partial charge in [0.05, 0.1) is 4.90 Å². The number of hydrogen-bond acceptors (Lipinski definition) is 3. The number of nitrogens with one attached hydrogen (secondary N) is 1. The van der Waals surface area contributed by atoms with E-state index in [0.717, 1.165) is 23.0 Å². The molecule has 0 fully saturated rings. The van der Waals surface area contributed by atoms with E-state index < -0.39 is 9.84 Å². The van der Waals surface area contributed by atoms with Crippen LogP contribution in [0.2, 0.25) is 0 Å². The van der Waals surface area contributed by atoms with Crippen molar-refractivity contribution in [2.24, 2.45) is 0 Å². The van der Waals surface area contributed by atoms with Crippen LogP contribution in [0, 0.1) is 0 Å². The maximum atomic E-state index is 12.2. The van der Waals surface area contributed by atoms with Crippen molar-refractivity contribution < 1.29 is 8.42 Å². The van der Waals surface area contributed by atoms with Crippen LogP contribution < -0.4 is 5.32 Å². The first kappa shape index (κ1) is 12.8. The number of fused-ring (bicyclic) bond motifs is 1. The number of halogens is 1. The maximum Gasteiger partial charge on any atom is 0.203 e. The van der Waals surface area contributed by atoms with Crippen LogP contribution in [0.1, 0.15) is 18.4 Å². The van der Waals surface area contributed by atoms with Gasteiger partial charge in [0, 0.05) is 9.38 Å². The van der Waals surface area contributed by atoms with Crippen LogP contribution in [0.5, 0.6) is 0 Å². The van der Waals surface area contributed by atoms with E-state index in [4.69, 9.17) is 0 Å². The van der Waals surface area contributed by atoms with Gasteiger partial charge in [0.1, 0.15) is 0 Å². The Balaban J connectivity index is 2.30. The molecule has 0 atom stereocenters. The maximum absolute atomic E-state index is 12.2. The first-order valence-corrected chi connectivity index (χ1v) is 7.73. The summed E-state index contributed by atoms with van der Waals surface area (Å²) in [5, 5.41) is 3.02. The van der Waals surface area contributed by atoms with Gasteiger partial charge in [0.15, 0.2) is 0 Å². The quantitative estimate of drug-likeness (QED) is 0.869. The van der Waals surface area contributed by atoms with Gasteiger partial charge in [-0.05, 0) is 56.3 Å². The first-order chi connectivity index (χ1) is 8.05. The summed E-state index contributed by atoms with van der Waals surface area (Å²) < 4.78 is 25.3. The molecule has 0 amide bonds. The molecule has 1 heterocycles. The third kappa shape index (κ3) is 2.46. The number of hydrogen-bond donors (Lipinski definition) is 1. The van der Waals surface area contributed by atoms with Gasteiger partial charge in [-0.15, -0.1) is 0 Å². The van der Waals surface area contributed by atoms with Crippen molar-refractivity contribution in [3.8, 4) is 0 Å². The molecule has 0 spiro atoms. The summed E-state index contributed by atoms with van der Waals surface area (Å²) in [6, 6.07) is 5.27. The average Bonchev–Trinajstić information content (AvgIpc) is 2.50. The fourth-order valence-corrected chi connectivity index (χ4v) is 3.95. The van der Waals surface area contributed by atoms with E-state index in [2.05, 4.69) is 21.2 Å². The number of benzene rings is 1. The lowest BCUT2D eigenvalue weighted by atomic mass is 10.2. The normalized spacial score (nSPS) is 16.7. The Labute approximate surface area is 110 Å². The summed E-state index contributed by atoms with van der Waals surface area (Å²) >= 11 is 3.35. The van der Waals surface area contributed by atoms with Crippen molar-refractivity contribution in [3.05, 3.63) is 33.1 Å². The van der Waals surface area contributed by atoms with Crippen molar-refractivity contribution in [1.29, 1.82) is 0 Å². The lowest BCUT2D eigenvalue weighted by molar-refractivity contribution is 0.600. The highest BCUT2D eigenvalue weighted by Gasteiger charge is 2.28. The van der Waals surface area contributed by atoms with Gasteiger partial charge in [-0.2, -0.15) is 0 Å². The summed E-state index contributed by atoms with van der Waals surface area (Å²) in [6.07, 6.45) is 3.21. The Morgan fingerprint density at radius 1 is 1.35 bits per heavy atom. The predicted octanol–water partition coefficient (Wildman–Crippen LogP) is 2.58. The van der Waals surface area contributed by atoms with Gasteiger partial charge >= 0.3 is 0 Å². The third-order valence-corrected chi connectivity index (χ3v) is 5.23. The van der Waals surface area contributed by atoms with Crippen molar-refractivity contribution in [1.82, 2.24) is 5.32 Å². The molecule has 3 nitrogen and oxygen atoms in total. The summed E-state index contributed by atoms with van der Waals surface area (Å²) in [6.45, 7) is 0.826. The van der Waals surface area contributed by atoms with Crippen molar-refractivity contribution >= 4 is 31.8 Å². The molecule has 1 aliphatic heterocycles. The largest absolute Gasteiger partial charge is 0.320 e.